The van der Waals surface area contributed by atoms with Crippen molar-refractivity contribution in [1.29, 1.82) is 0 Å². The third kappa shape index (κ3) is 2.39. The Labute approximate surface area is 126 Å². The van der Waals surface area contributed by atoms with E-state index in [0.29, 0.717) is 12.1 Å². The van der Waals surface area contributed by atoms with Crippen LogP contribution in [0.25, 0.3) is 11.1 Å². The minimum Gasteiger partial charge on any atom is -0.378 e. The number of ether oxygens (including phenoxy) is 1. The number of hydrogen-bond donors (Lipinski definition) is 1. The summed E-state index contributed by atoms with van der Waals surface area (Å²) >= 11 is 0. The standard InChI is InChI=1S/C19H21NO/c1-3-9-17-15(7-1)16-8-2-4-10-18(16)19(17)20-12-11-14-6-5-13-21-14/h1-4,7-10,14,19-20H,5-6,11-13H2. The van der Waals surface area contributed by atoms with Crippen LogP contribution in [0.3, 0.4) is 0 Å². The molecule has 0 bridgehead atoms. The van der Waals surface area contributed by atoms with Gasteiger partial charge in [0.25, 0.3) is 0 Å². The van der Waals surface area contributed by atoms with E-state index in [4.69, 9.17) is 4.74 Å². The average molecular weight is 279 g/mol. The summed E-state index contributed by atoms with van der Waals surface area (Å²) in [7, 11) is 0. The lowest BCUT2D eigenvalue weighted by molar-refractivity contribution is 0.104. The summed E-state index contributed by atoms with van der Waals surface area (Å²) in [5.41, 5.74) is 5.57. The highest BCUT2D eigenvalue weighted by Gasteiger charge is 2.27. The Hall–Kier alpha value is -1.64. The van der Waals surface area contributed by atoms with E-state index in [9.17, 15) is 0 Å². The lowest BCUT2D eigenvalue weighted by atomic mass is 10.0. The molecular formula is C19H21NO. The molecule has 0 spiro atoms. The first-order chi connectivity index (χ1) is 10.4. The zero-order chi connectivity index (χ0) is 14.1. The Morgan fingerprint density at radius 3 is 2.24 bits per heavy atom. The molecule has 2 heteroatoms. The number of benzene rings is 2. The molecule has 0 radical (unpaired) electrons. The van der Waals surface area contributed by atoms with Gasteiger partial charge >= 0.3 is 0 Å². The first-order valence-corrected chi connectivity index (χ1v) is 7.97. The Morgan fingerprint density at radius 2 is 1.62 bits per heavy atom. The molecular weight excluding hydrogens is 258 g/mol. The van der Waals surface area contributed by atoms with E-state index < -0.39 is 0 Å². The van der Waals surface area contributed by atoms with Crippen LogP contribution in [0, 0.1) is 0 Å². The molecule has 1 fully saturated rings. The van der Waals surface area contributed by atoms with Crippen molar-refractivity contribution >= 4 is 0 Å². The quantitative estimate of drug-likeness (QED) is 0.916. The largest absolute Gasteiger partial charge is 0.378 e. The fourth-order valence-electron chi connectivity index (χ4n) is 3.64. The van der Waals surface area contributed by atoms with Crippen molar-refractivity contribution < 1.29 is 4.74 Å². The maximum Gasteiger partial charge on any atom is 0.0589 e. The van der Waals surface area contributed by atoms with Gasteiger partial charge in [-0.05, 0) is 48.1 Å². The summed E-state index contributed by atoms with van der Waals surface area (Å²) < 4.78 is 5.72. The summed E-state index contributed by atoms with van der Waals surface area (Å²) in [5.74, 6) is 0. The first-order valence-electron chi connectivity index (χ1n) is 7.97. The molecule has 2 aromatic carbocycles. The van der Waals surface area contributed by atoms with E-state index in [0.717, 1.165) is 19.6 Å². The molecule has 21 heavy (non-hydrogen) atoms. The van der Waals surface area contributed by atoms with Crippen LogP contribution in [0.4, 0.5) is 0 Å². The summed E-state index contributed by atoms with van der Waals surface area (Å²) in [6, 6.07) is 17.8. The van der Waals surface area contributed by atoms with Gasteiger partial charge in [0, 0.05) is 6.61 Å². The normalized spacial score (nSPS) is 20.5. The van der Waals surface area contributed by atoms with Gasteiger partial charge in [-0.2, -0.15) is 0 Å². The fourth-order valence-corrected chi connectivity index (χ4v) is 3.64. The molecule has 1 heterocycles. The van der Waals surface area contributed by atoms with Crippen LogP contribution < -0.4 is 5.32 Å². The zero-order valence-corrected chi connectivity index (χ0v) is 12.2. The predicted octanol–water partition coefficient (Wildman–Crippen LogP) is 3.92. The molecule has 0 aromatic heterocycles. The van der Waals surface area contributed by atoms with Crippen molar-refractivity contribution in [3.8, 4) is 11.1 Å². The van der Waals surface area contributed by atoms with E-state index in [2.05, 4.69) is 53.8 Å². The number of hydrogen-bond acceptors (Lipinski definition) is 2. The van der Waals surface area contributed by atoms with Gasteiger partial charge in [-0.1, -0.05) is 48.5 Å². The maximum absolute atomic E-state index is 5.72. The van der Waals surface area contributed by atoms with Crippen LogP contribution in [0.5, 0.6) is 0 Å². The number of fused-ring (bicyclic) bond motifs is 3. The number of rotatable bonds is 4. The summed E-state index contributed by atoms with van der Waals surface area (Å²) in [4.78, 5) is 0. The molecule has 4 rings (SSSR count). The molecule has 1 aliphatic carbocycles. The second-order valence-electron chi connectivity index (χ2n) is 5.99. The van der Waals surface area contributed by atoms with Crippen molar-refractivity contribution in [3.63, 3.8) is 0 Å². The lowest BCUT2D eigenvalue weighted by Crippen LogP contribution is -2.24. The third-order valence-electron chi connectivity index (χ3n) is 4.67. The van der Waals surface area contributed by atoms with E-state index in [1.54, 1.807) is 0 Å². The van der Waals surface area contributed by atoms with Gasteiger partial charge < -0.3 is 10.1 Å². The topological polar surface area (TPSA) is 21.3 Å². The van der Waals surface area contributed by atoms with E-state index in [1.807, 2.05) is 0 Å². The van der Waals surface area contributed by atoms with Gasteiger partial charge in [-0.3, -0.25) is 0 Å². The second-order valence-corrected chi connectivity index (χ2v) is 5.99. The molecule has 1 atom stereocenters. The van der Waals surface area contributed by atoms with Crippen LogP contribution in [0.1, 0.15) is 36.4 Å². The number of nitrogens with one attached hydrogen (secondary N) is 1. The first kappa shape index (κ1) is 13.1. The highest BCUT2D eigenvalue weighted by Crippen LogP contribution is 2.42. The van der Waals surface area contributed by atoms with Crippen LogP contribution in [0.2, 0.25) is 0 Å². The van der Waals surface area contributed by atoms with Crippen LogP contribution in [0.15, 0.2) is 48.5 Å². The third-order valence-corrected chi connectivity index (χ3v) is 4.67. The molecule has 108 valence electrons. The second kappa shape index (κ2) is 5.63. The molecule has 2 aliphatic rings. The van der Waals surface area contributed by atoms with Gasteiger partial charge in [-0.25, -0.2) is 0 Å². The monoisotopic (exact) mass is 279 g/mol. The van der Waals surface area contributed by atoms with Crippen molar-refractivity contribution in [2.24, 2.45) is 0 Å². The zero-order valence-electron chi connectivity index (χ0n) is 12.2. The van der Waals surface area contributed by atoms with Crippen molar-refractivity contribution in [1.82, 2.24) is 5.32 Å². The van der Waals surface area contributed by atoms with Crippen molar-refractivity contribution in [3.05, 3.63) is 59.7 Å². The van der Waals surface area contributed by atoms with Crippen LogP contribution in [-0.4, -0.2) is 19.3 Å². The van der Waals surface area contributed by atoms with Gasteiger partial charge in [0.05, 0.1) is 12.1 Å². The molecule has 1 aliphatic heterocycles. The highest BCUT2D eigenvalue weighted by molar-refractivity contribution is 5.78. The van der Waals surface area contributed by atoms with Gasteiger partial charge in [0.1, 0.15) is 0 Å². The Kier molecular flexibility index (Phi) is 3.50. The van der Waals surface area contributed by atoms with E-state index >= 15 is 0 Å². The molecule has 0 amide bonds. The maximum atomic E-state index is 5.72. The van der Waals surface area contributed by atoms with Crippen molar-refractivity contribution in [2.75, 3.05) is 13.2 Å². The molecule has 2 aromatic rings. The van der Waals surface area contributed by atoms with Crippen molar-refractivity contribution in [2.45, 2.75) is 31.4 Å². The molecule has 1 saturated heterocycles. The Morgan fingerprint density at radius 1 is 0.952 bits per heavy atom. The molecule has 1 unspecified atom stereocenters. The minimum absolute atomic E-state index is 0.332. The van der Waals surface area contributed by atoms with E-state index in [1.165, 1.54) is 35.1 Å². The smallest absolute Gasteiger partial charge is 0.0589 e. The predicted molar refractivity (Wildman–Crippen MR) is 85.3 cm³/mol. The minimum atomic E-state index is 0.332. The van der Waals surface area contributed by atoms with Gasteiger partial charge in [0.2, 0.25) is 0 Å². The SMILES string of the molecule is c1ccc2c(c1)-c1ccccc1C2NCCC1CCCO1. The van der Waals surface area contributed by atoms with Gasteiger partial charge in [0.15, 0.2) is 0 Å². The Bertz CT molecular complexity index is 585. The lowest BCUT2D eigenvalue weighted by Gasteiger charge is -2.17. The molecule has 2 nitrogen and oxygen atoms in total. The summed E-state index contributed by atoms with van der Waals surface area (Å²) in [6.07, 6.45) is 4.02. The fraction of sp³-hybridized carbons (Fsp3) is 0.368. The molecule has 1 N–H and O–H groups in total. The summed E-state index contributed by atoms with van der Waals surface area (Å²) in [5, 5.41) is 3.74. The van der Waals surface area contributed by atoms with Crippen LogP contribution in [-0.2, 0) is 4.74 Å². The summed E-state index contributed by atoms with van der Waals surface area (Å²) in [6.45, 7) is 1.96. The average Bonchev–Trinajstić information content (AvgIpc) is 3.15. The molecule has 0 saturated carbocycles. The highest BCUT2D eigenvalue weighted by atomic mass is 16.5. The van der Waals surface area contributed by atoms with Crippen LogP contribution >= 0.6 is 0 Å². The van der Waals surface area contributed by atoms with E-state index in [-0.39, 0.29) is 0 Å². The Balaban J connectivity index is 1.54. The van der Waals surface area contributed by atoms with Gasteiger partial charge in [-0.15, -0.1) is 0 Å².